The van der Waals surface area contributed by atoms with E-state index in [2.05, 4.69) is 20.1 Å². The standard InChI is InChI=1S/C9H10N6O2/c1-4-13-9(15-17-4)6-3-12-5(2-10)7(14-6)8(11)16/h3H,2,10H2,1H3,(H2,11,16). The molecule has 8 heteroatoms. The number of hydrogen-bond donors (Lipinski definition) is 2. The molecule has 0 radical (unpaired) electrons. The van der Waals surface area contributed by atoms with Crippen molar-refractivity contribution < 1.29 is 9.32 Å². The first kappa shape index (κ1) is 11.1. The molecule has 0 unspecified atom stereocenters. The van der Waals surface area contributed by atoms with Crippen molar-refractivity contribution in [3.63, 3.8) is 0 Å². The van der Waals surface area contributed by atoms with E-state index in [4.69, 9.17) is 16.0 Å². The van der Waals surface area contributed by atoms with Gasteiger partial charge in [-0.3, -0.25) is 9.78 Å². The summed E-state index contributed by atoms with van der Waals surface area (Å²) >= 11 is 0. The molecule has 2 aromatic rings. The average molecular weight is 234 g/mol. The van der Waals surface area contributed by atoms with Crippen LogP contribution in [0, 0.1) is 6.92 Å². The summed E-state index contributed by atoms with van der Waals surface area (Å²) in [6.45, 7) is 1.73. The van der Waals surface area contributed by atoms with Crippen molar-refractivity contribution in [1.29, 1.82) is 0 Å². The maximum atomic E-state index is 11.2. The molecule has 0 aliphatic rings. The number of carbonyl (C=O) groups excluding carboxylic acids is 1. The third kappa shape index (κ3) is 2.11. The van der Waals surface area contributed by atoms with Crippen LogP contribution in [0.5, 0.6) is 0 Å². The predicted octanol–water partition coefficient (Wildman–Crippen LogP) is -0.607. The van der Waals surface area contributed by atoms with Crippen LogP contribution in [-0.2, 0) is 6.54 Å². The number of hydrogen-bond acceptors (Lipinski definition) is 7. The Morgan fingerprint density at radius 2 is 2.24 bits per heavy atom. The topological polar surface area (TPSA) is 134 Å². The van der Waals surface area contributed by atoms with Gasteiger partial charge in [-0.2, -0.15) is 4.98 Å². The van der Waals surface area contributed by atoms with E-state index in [0.717, 1.165) is 0 Å². The Balaban J connectivity index is 2.50. The Bertz CT molecular complexity index is 564. The van der Waals surface area contributed by atoms with Crippen LogP contribution in [0.15, 0.2) is 10.7 Å². The fourth-order valence-electron chi connectivity index (χ4n) is 1.27. The van der Waals surface area contributed by atoms with Gasteiger partial charge in [0, 0.05) is 13.5 Å². The number of aryl methyl sites for hydroxylation is 1. The molecule has 2 aromatic heterocycles. The fourth-order valence-corrected chi connectivity index (χ4v) is 1.27. The van der Waals surface area contributed by atoms with Crippen molar-refractivity contribution in [2.75, 3.05) is 0 Å². The Morgan fingerprint density at radius 1 is 1.47 bits per heavy atom. The molecule has 17 heavy (non-hydrogen) atoms. The van der Waals surface area contributed by atoms with Gasteiger partial charge in [-0.05, 0) is 0 Å². The highest BCUT2D eigenvalue weighted by Gasteiger charge is 2.15. The molecular formula is C9H10N6O2. The molecule has 88 valence electrons. The second-order valence-corrected chi connectivity index (χ2v) is 3.26. The van der Waals surface area contributed by atoms with Gasteiger partial charge in [0.25, 0.3) is 5.91 Å². The molecule has 0 saturated heterocycles. The van der Waals surface area contributed by atoms with E-state index in [1.165, 1.54) is 6.20 Å². The molecular weight excluding hydrogens is 224 g/mol. The lowest BCUT2D eigenvalue weighted by atomic mass is 10.2. The van der Waals surface area contributed by atoms with Crippen LogP contribution < -0.4 is 11.5 Å². The van der Waals surface area contributed by atoms with Gasteiger partial charge in [0.1, 0.15) is 5.69 Å². The third-order valence-corrected chi connectivity index (χ3v) is 2.03. The van der Waals surface area contributed by atoms with Gasteiger partial charge >= 0.3 is 0 Å². The van der Waals surface area contributed by atoms with Crippen LogP contribution in [-0.4, -0.2) is 26.0 Å². The first-order valence-corrected chi connectivity index (χ1v) is 4.78. The quantitative estimate of drug-likeness (QED) is 0.723. The zero-order valence-corrected chi connectivity index (χ0v) is 9.04. The molecule has 2 heterocycles. The van der Waals surface area contributed by atoms with E-state index in [1.54, 1.807) is 6.92 Å². The molecule has 1 amide bonds. The summed E-state index contributed by atoms with van der Waals surface area (Å²) in [5.74, 6) is -0.0496. The van der Waals surface area contributed by atoms with Gasteiger partial charge in [0.05, 0.1) is 11.9 Å². The largest absolute Gasteiger partial charge is 0.364 e. The summed E-state index contributed by atoms with van der Waals surface area (Å²) in [4.78, 5) is 23.2. The van der Waals surface area contributed by atoms with Crippen LogP contribution in [0.25, 0.3) is 11.5 Å². The Hall–Kier alpha value is -2.35. The van der Waals surface area contributed by atoms with Crippen LogP contribution in [0.4, 0.5) is 0 Å². The lowest BCUT2D eigenvalue weighted by Gasteiger charge is -2.03. The van der Waals surface area contributed by atoms with Crippen molar-refractivity contribution in [3.8, 4) is 11.5 Å². The van der Waals surface area contributed by atoms with E-state index in [-0.39, 0.29) is 18.1 Å². The lowest BCUT2D eigenvalue weighted by Crippen LogP contribution is -2.19. The Kier molecular flexibility index (Phi) is 2.79. The highest BCUT2D eigenvalue weighted by atomic mass is 16.5. The minimum Gasteiger partial charge on any atom is -0.364 e. The fraction of sp³-hybridized carbons (Fsp3) is 0.222. The summed E-state index contributed by atoms with van der Waals surface area (Å²) < 4.78 is 4.81. The van der Waals surface area contributed by atoms with Gasteiger partial charge in [-0.1, -0.05) is 5.16 Å². The number of rotatable bonds is 3. The van der Waals surface area contributed by atoms with Gasteiger partial charge < -0.3 is 16.0 Å². The lowest BCUT2D eigenvalue weighted by molar-refractivity contribution is 0.0994. The summed E-state index contributed by atoms with van der Waals surface area (Å²) in [6, 6.07) is 0. The number of nitrogens with two attached hydrogens (primary N) is 2. The molecule has 4 N–H and O–H groups in total. The van der Waals surface area contributed by atoms with Crippen LogP contribution >= 0.6 is 0 Å². The molecule has 0 fully saturated rings. The van der Waals surface area contributed by atoms with E-state index in [9.17, 15) is 4.79 Å². The van der Waals surface area contributed by atoms with Crippen LogP contribution in [0.3, 0.4) is 0 Å². The van der Waals surface area contributed by atoms with Crippen molar-refractivity contribution >= 4 is 5.91 Å². The number of carbonyl (C=O) groups is 1. The normalized spacial score (nSPS) is 10.5. The van der Waals surface area contributed by atoms with E-state index < -0.39 is 5.91 Å². The van der Waals surface area contributed by atoms with Gasteiger partial charge in [0.15, 0.2) is 5.69 Å². The van der Waals surface area contributed by atoms with Gasteiger partial charge in [-0.25, -0.2) is 4.98 Å². The predicted molar refractivity (Wildman–Crippen MR) is 56.5 cm³/mol. The summed E-state index contributed by atoms with van der Waals surface area (Å²) in [6.07, 6.45) is 1.42. The van der Waals surface area contributed by atoms with Crippen molar-refractivity contribution in [2.24, 2.45) is 11.5 Å². The first-order chi connectivity index (χ1) is 8.11. The van der Waals surface area contributed by atoms with E-state index >= 15 is 0 Å². The van der Waals surface area contributed by atoms with Crippen LogP contribution in [0.1, 0.15) is 22.1 Å². The van der Waals surface area contributed by atoms with Crippen molar-refractivity contribution in [1.82, 2.24) is 20.1 Å². The Labute approximate surface area is 96.0 Å². The molecule has 0 spiro atoms. The highest BCUT2D eigenvalue weighted by molar-refractivity contribution is 5.92. The molecule has 0 aromatic carbocycles. The van der Waals surface area contributed by atoms with Crippen molar-refractivity contribution in [2.45, 2.75) is 13.5 Å². The molecule has 0 saturated carbocycles. The molecule has 0 atom stereocenters. The Morgan fingerprint density at radius 3 is 2.76 bits per heavy atom. The number of aromatic nitrogens is 4. The number of nitrogens with zero attached hydrogens (tertiary/aromatic N) is 4. The second kappa shape index (κ2) is 4.26. The molecule has 0 aliphatic carbocycles. The first-order valence-electron chi connectivity index (χ1n) is 4.78. The van der Waals surface area contributed by atoms with Crippen LogP contribution in [0.2, 0.25) is 0 Å². The summed E-state index contributed by atoms with van der Waals surface area (Å²) in [5.41, 5.74) is 11.3. The molecule has 2 rings (SSSR count). The summed E-state index contributed by atoms with van der Waals surface area (Å²) in [7, 11) is 0. The maximum Gasteiger partial charge on any atom is 0.269 e. The summed E-state index contributed by atoms with van der Waals surface area (Å²) in [5, 5.41) is 3.67. The monoisotopic (exact) mass is 234 g/mol. The molecule has 0 bridgehead atoms. The SMILES string of the molecule is Cc1nc(-c2cnc(CN)c(C(N)=O)n2)no1. The van der Waals surface area contributed by atoms with Gasteiger partial charge in [0.2, 0.25) is 11.7 Å². The highest BCUT2D eigenvalue weighted by Crippen LogP contribution is 2.13. The maximum absolute atomic E-state index is 11.2. The van der Waals surface area contributed by atoms with Crippen molar-refractivity contribution in [3.05, 3.63) is 23.5 Å². The molecule has 0 aliphatic heterocycles. The average Bonchev–Trinajstić information content (AvgIpc) is 2.75. The molecule has 8 nitrogen and oxygen atoms in total. The minimum absolute atomic E-state index is 0.0208. The van der Waals surface area contributed by atoms with E-state index in [1.807, 2.05) is 0 Å². The number of primary amides is 1. The zero-order chi connectivity index (χ0) is 12.4. The van der Waals surface area contributed by atoms with E-state index in [0.29, 0.717) is 17.3 Å². The smallest absolute Gasteiger partial charge is 0.269 e. The third-order valence-electron chi connectivity index (χ3n) is 2.03. The second-order valence-electron chi connectivity index (χ2n) is 3.26. The minimum atomic E-state index is -0.694. The zero-order valence-electron chi connectivity index (χ0n) is 9.04. The number of amides is 1. The van der Waals surface area contributed by atoms with Gasteiger partial charge in [-0.15, -0.1) is 0 Å².